The molecule has 2 N–H and O–H groups in total. The van der Waals surface area contributed by atoms with Crippen molar-refractivity contribution in [3.05, 3.63) is 94.2 Å². The van der Waals surface area contributed by atoms with Gasteiger partial charge in [-0.15, -0.1) is 0 Å². The monoisotopic (exact) mass is 1090 g/mol. The summed E-state index contributed by atoms with van der Waals surface area (Å²) in [5, 5.41) is 12.7. The number of rotatable bonds is 14. The molecule has 0 amide bonds. The number of quaternary nitrogens is 2. The average Bonchev–Trinajstić information content (AvgIpc) is 3.37. The molecule has 0 unspecified atom stereocenters. The van der Waals surface area contributed by atoms with Crippen molar-refractivity contribution < 1.29 is 25.8 Å². The Kier molecular flexibility index (Phi) is 15.1. The number of sulfonamides is 2. The van der Waals surface area contributed by atoms with E-state index in [0.717, 1.165) is 110 Å². The predicted octanol–water partition coefficient (Wildman–Crippen LogP) is 6.07. The van der Waals surface area contributed by atoms with E-state index in [1.165, 1.54) is 36.0 Å². The normalized spacial score (nSPS) is 17.2. The van der Waals surface area contributed by atoms with Crippen LogP contribution in [0, 0.1) is 0 Å². The number of fused-ring (bicyclic) bond motifs is 2. The van der Waals surface area contributed by atoms with Gasteiger partial charge in [0.25, 0.3) is 20.0 Å². The van der Waals surface area contributed by atoms with Crippen LogP contribution in [0.5, 0.6) is 0 Å². The summed E-state index contributed by atoms with van der Waals surface area (Å²) in [6.07, 6.45) is 6.61. The number of hydrazone groups is 2. The molecule has 0 saturated carbocycles. The molecule has 2 spiro atoms. The molecule has 0 atom stereocenters. The number of anilines is 4. The van der Waals surface area contributed by atoms with E-state index in [4.69, 9.17) is 33.2 Å². The van der Waals surface area contributed by atoms with Gasteiger partial charge in [-0.25, -0.2) is 29.6 Å². The zero-order valence-electron chi connectivity index (χ0n) is 41.0. The molecule has 3 aliphatic rings. The Hall–Kier alpha value is -5.20. The van der Waals surface area contributed by atoms with Crippen LogP contribution in [0.4, 0.5) is 23.0 Å². The number of piperazine rings is 3. The van der Waals surface area contributed by atoms with E-state index in [0.29, 0.717) is 43.8 Å². The molecular formula is C48H58Cl2N14O4S4+2. The number of hydrogen-bond acceptors (Lipinski definition) is 16. The van der Waals surface area contributed by atoms with Gasteiger partial charge in [-0.2, -0.15) is 27.0 Å². The number of hydrogen-bond donors (Lipinski definition) is 2. The minimum absolute atomic E-state index is 0.121. The Bertz CT molecular complexity index is 3080. The molecular weight excluding hydrogens is 1040 g/mol. The maximum atomic E-state index is 13.7. The maximum Gasteiger partial charge on any atom is 0.277 e. The van der Waals surface area contributed by atoms with E-state index in [9.17, 15) is 16.8 Å². The summed E-state index contributed by atoms with van der Waals surface area (Å²) < 4.78 is 56.8. The third-order valence-corrected chi connectivity index (χ3v) is 18.4. The largest absolute Gasteiger partial charge is 0.377 e. The molecule has 0 bridgehead atoms. The lowest BCUT2D eigenvalue weighted by Crippen LogP contribution is -2.73. The van der Waals surface area contributed by atoms with E-state index < -0.39 is 20.0 Å². The summed E-state index contributed by atoms with van der Waals surface area (Å²) >= 11 is 16.4. The van der Waals surface area contributed by atoms with Gasteiger partial charge < -0.3 is 28.6 Å². The lowest BCUT2D eigenvalue weighted by molar-refractivity contribution is -1.03. The molecule has 3 fully saturated rings. The van der Waals surface area contributed by atoms with Crippen LogP contribution >= 0.6 is 46.7 Å². The minimum Gasteiger partial charge on any atom is -0.377 e. The minimum atomic E-state index is -4.06. The number of halogens is 2. The lowest BCUT2D eigenvalue weighted by atomic mass is 10.1. The van der Waals surface area contributed by atoms with Crippen LogP contribution in [0.25, 0.3) is 21.5 Å². The molecule has 3 aliphatic heterocycles. The predicted molar refractivity (Wildman–Crippen MR) is 294 cm³/mol. The third kappa shape index (κ3) is 10.5. The van der Waals surface area contributed by atoms with Crippen molar-refractivity contribution in [2.45, 2.75) is 20.1 Å². The van der Waals surface area contributed by atoms with Gasteiger partial charge in [0.15, 0.2) is 10.3 Å². The second-order valence-electron chi connectivity index (χ2n) is 18.7. The number of benzene rings is 4. The van der Waals surface area contributed by atoms with Gasteiger partial charge in [-0.3, -0.25) is 0 Å². The van der Waals surface area contributed by atoms with Crippen LogP contribution in [0.1, 0.15) is 11.1 Å². The van der Waals surface area contributed by atoms with Crippen LogP contribution in [0.2, 0.25) is 10.3 Å². The molecule has 0 radical (unpaired) electrons. The highest BCUT2D eigenvalue weighted by molar-refractivity contribution is 7.98. The maximum absolute atomic E-state index is 13.7. The summed E-state index contributed by atoms with van der Waals surface area (Å²) in [5.74, 6) is 1.25. The van der Waals surface area contributed by atoms with Gasteiger partial charge in [0.2, 0.25) is 0 Å². The van der Waals surface area contributed by atoms with Crippen LogP contribution in [0.15, 0.2) is 103 Å². The summed E-state index contributed by atoms with van der Waals surface area (Å²) in [4.78, 5) is 32.1. The number of thioether (sulfide) groups is 2. The molecule has 18 nitrogen and oxygen atoms in total. The van der Waals surface area contributed by atoms with Gasteiger partial charge in [0.05, 0.1) is 85.7 Å². The van der Waals surface area contributed by atoms with Crippen molar-refractivity contribution in [2.75, 3.05) is 139 Å². The van der Waals surface area contributed by atoms with Gasteiger partial charge >= 0.3 is 0 Å². The van der Waals surface area contributed by atoms with Crippen molar-refractivity contribution in [3.63, 3.8) is 0 Å². The van der Waals surface area contributed by atoms with Crippen LogP contribution in [-0.4, -0.2) is 177 Å². The Morgan fingerprint density at radius 3 is 1.24 bits per heavy atom. The highest BCUT2D eigenvalue weighted by Crippen LogP contribution is 2.35. The molecule has 24 heteroatoms. The highest BCUT2D eigenvalue weighted by atomic mass is 35.5. The summed E-state index contributed by atoms with van der Waals surface area (Å²) in [5.41, 5.74) is 2.71. The first kappa shape index (κ1) is 51.7. The summed E-state index contributed by atoms with van der Waals surface area (Å²) in [6.45, 7) is 10.8. The van der Waals surface area contributed by atoms with E-state index in [1.807, 2.05) is 86.9 Å². The summed E-state index contributed by atoms with van der Waals surface area (Å²) in [6, 6.07) is 21.6. The molecule has 2 aromatic heterocycles. The Morgan fingerprint density at radius 1 is 0.542 bits per heavy atom. The highest BCUT2D eigenvalue weighted by Gasteiger charge is 2.46. The smallest absolute Gasteiger partial charge is 0.277 e. The standard InChI is InChI=1S/C48H58Cl2N14O4S4/c1-59(2)39-15-7-13-35-33(39)11-9-17-41(35)71(65,66)57-51-31-37-43(49)53-47(69-5)55-45(37)61-19-23-63(24-20-61)27-29-64(30-28-63)25-21-62(22-26-64)46-38(44(50)54-48(56-46)70-6)32-52-58-72(67,68)42-18-10-12-34-36(42)14-8-16-40(34)60(3)4/h7-18,31-32,57-58H,19-30H2,1-6H3/q+2/b51-31+,52-32+. The fraction of sp³-hybridized carbons (Fsp3) is 0.375. The second-order valence-corrected chi connectivity index (χ2v) is 24.2. The van der Waals surface area contributed by atoms with E-state index in [-0.39, 0.29) is 20.1 Å². The Balaban J connectivity index is 0.844. The van der Waals surface area contributed by atoms with E-state index >= 15 is 0 Å². The first-order valence-corrected chi connectivity index (χ1v) is 29.5. The first-order valence-electron chi connectivity index (χ1n) is 23.4. The lowest BCUT2D eigenvalue weighted by Gasteiger charge is -2.54. The fourth-order valence-corrected chi connectivity index (χ4v) is 13.4. The van der Waals surface area contributed by atoms with Crippen molar-refractivity contribution in [1.29, 1.82) is 0 Å². The first-order chi connectivity index (χ1) is 34.5. The number of nitrogens with zero attached hydrogens (tertiary/aromatic N) is 12. The molecule has 0 aliphatic carbocycles. The summed E-state index contributed by atoms with van der Waals surface area (Å²) in [7, 11) is -0.427. The third-order valence-electron chi connectivity index (χ3n) is 14.1. The van der Waals surface area contributed by atoms with Gasteiger partial charge in [-0.1, -0.05) is 95.3 Å². The molecule has 380 valence electrons. The van der Waals surface area contributed by atoms with Crippen LogP contribution < -0.4 is 29.3 Å². The Morgan fingerprint density at radius 2 is 0.889 bits per heavy atom. The number of aromatic nitrogens is 4. The van der Waals surface area contributed by atoms with Crippen LogP contribution in [0.3, 0.4) is 0 Å². The van der Waals surface area contributed by atoms with Crippen molar-refractivity contribution >= 4 is 124 Å². The van der Waals surface area contributed by atoms with Crippen molar-refractivity contribution in [3.8, 4) is 0 Å². The van der Waals surface area contributed by atoms with Crippen molar-refractivity contribution in [1.82, 2.24) is 29.6 Å². The van der Waals surface area contributed by atoms with Gasteiger partial charge in [0, 0.05) is 61.1 Å². The topological polar surface area (TPSA) is 182 Å². The Labute approximate surface area is 439 Å². The molecule has 4 aromatic carbocycles. The molecule has 72 heavy (non-hydrogen) atoms. The molecule has 3 saturated heterocycles. The molecule has 9 rings (SSSR count). The van der Waals surface area contributed by atoms with Crippen LogP contribution in [-0.2, 0) is 20.0 Å². The average molecular weight is 1090 g/mol. The fourth-order valence-electron chi connectivity index (χ4n) is 10.1. The zero-order valence-corrected chi connectivity index (χ0v) is 45.7. The number of nitrogens with one attached hydrogen (secondary N) is 2. The molecule has 6 aromatic rings. The van der Waals surface area contributed by atoms with E-state index in [2.05, 4.69) is 39.6 Å². The van der Waals surface area contributed by atoms with Crippen molar-refractivity contribution in [2.24, 2.45) is 10.2 Å². The SMILES string of the molecule is CSc1nc(Cl)c(/C=N/NS(=O)(=O)c2cccc3c(N(C)C)cccc23)c(N2CC[N+]3(CC2)CC[N+]2(CCN(c4nc(SC)nc(Cl)c4/C=N/NS(=O)(=O)c4cccc5c(N(C)C)cccc45)CC2)CC3)n1. The van der Waals surface area contributed by atoms with Gasteiger partial charge in [0.1, 0.15) is 48.1 Å². The van der Waals surface area contributed by atoms with Gasteiger partial charge in [-0.05, 0) is 36.8 Å². The quantitative estimate of drug-likeness (QED) is 0.0321. The molecule has 5 heterocycles. The van der Waals surface area contributed by atoms with E-state index in [1.54, 1.807) is 36.4 Å². The second kappa shape index (κ2) is 21.0. The zero-order chi connectivity index (χ0) is 51.0.